The van der Waals surface area contributed by atoms with Gasteiger partial charge in [-0.3, -0.25) is 0 Å². The minimum absolute atomic E-state index is 0.0829. The van der Waals surface area contributed by atoms with Gasteiger partial charge in [-0.05, 0) is 55.4 Å². The highest BCUT2D eigenvalue weighted by Crippen LogP contribution is 2.35. The molecule has 0 spiro atoms. The van der Waals surface area contributed by atoms with E-state index >= 15 is 0 Å². The van der Waals surface area contributed by atoms with E-state index in [-0.39, 0.29) is 23.4 Å². The molecule has 0 saturated carbocycles. The van der Waals surface area contributed by atoms with Crippen LogP contribution in [0.5, 0.6) is 0 Å². The summed E-state index contributed by atoms with van der Waals surface area (Å²) in [6, 6.07) is 7.74. The molecule has 1 aliphatic rings. The van der Waals surface area contributed by atoms with Crippen LogP contribution in [-0.2, 0) is 15.9 Å². The molecule has 2 aromatic carbocycles. The normalized spacial score (nSPS) is 19.5. The molecular weight excluding hydrogens is 377 g/mol. The van der Waals surface area contributed by atoms with Gasteiger partial charge in [0.2, 0.25) is 0 Å². The Hall–Kier alpha value is -1.85. The average molecular weight is 406 g/mol. The first kappa shape index (κ1) is 21.8. The summed E-state index contributed by atoms with van der Waals surface area (Å²) in [5.41, 5.74) is 1.35. The molecule has 2 aromatic rings. The highest BCUT2D eigenvalue weighted by atomic mass is 19.2. The maximum Gasteiger partial charge on any atom is 0.166 e. The van der Waals surface area contributed by atoms with Crippen LogP contribution in [0.3, 0.4) is 0 Å². The Labute approximate surface area is 171 Å². The molecule has 0 bridgehead atoms. The summed E-state index contributed by atoms with van der Waals surface area (Å²) in [5, 5.41) is 0. The lowest BCUT2D eigenvalue weighted by atomic mass is 9.89. The predicted octanol–water partition coefficient (Wildman–Crippen LogP) is 6.41. The molecule has 2 unspecified atom stereocenters. The zero-order chi connectivity index (χ0) is 20.8. The van der Waals surface area contributed by atoms with Crippen molar-refractivity contribution in [3.05, 3.63) is 58.9 Å². The van der Waals surface area contributed by atoms with Crippen molar-refractivity contribution in [3.8, 4) is 11.1 Å². The highest BCUT2D eigenvalue weighted by molar-refractivity contribution is 5.65. The average Bonchev–Trinajstić information content (AvgIpc) is 2.73. The number of hydrogen-bond acceptors (Lipinski definition) is 2. The van der Waals surface area contributed by atoms with Crippen molar-refractivity contribution < 1.29 is 22.6 Å². The zero-order valence-corrected chi connectivity index (χ0v) is 17.1. The van der Waals surface area contributed by atoms with Crippen molar-refractivity contribution in [1.82, 2.24) is 0 Å². The Bertz CT molecular complexity index is 814. The van der Waals surface area contributed by atoms with Gasteiger partial charge < -0.3 is 9.47 Å². The molecule has 1 heterocycles. The third-order valence-corrected chi connectivity index (χ3v) is 5.59. The van der Waals surface area contributed by atoms with E-state index in [0.717, 1.165) is 25.7 Å². The van der Waals surface area contributed by atoms with E-state index in [1.807, 2.05) is 13.8 Å². The van der Waals surface area contributed by atoms with Crippen LogP contribution in [0.15, 0.2) is 30.3 Å². The summed E-state index contributed by atoms with van der Waals surface area (Å²) < 4.78 is 55.1. The van der Waals surface area contributed by atoms with E-state index in [1.165, 1.54) is 6.07 Å². The molecule has 0 N–H and O–H groups in total. The molecule has 0 aromatic heterocycles. The second-order valence-electron chi connectivity index (χ2n) is 7.60. The Kier molecular flexibility index (Phi) is 7.73. The third kappa shape index (κ3) is 5.20. The molecule has 29 heavy (non-hydrogen) atoms. The largest absolute Gasteiger partial charge is 0.382 e. The van der Waals surface area contributed by atoms with E-state index in [1.54, 1.807) is 24.3 Å². The van der Waals surface area contributed by atoms with Gasteiger partial charge in [0.05, 0.1) is 12.7 Å². The van der Waals surface area contributed by atoms with Crippen molar-refractivity contribution in [2.75, 3.05) is 19.8 Å². The maximum atomic E-state index is 14.8. The Morgan fingerprint density at radius 2 is 1.86 bits per heavy atom. The van der Waals surface area contributed by atoms with Crippen LogP contribution in [0.2, 0.25) is 0 Å². The Balaban J connectivity index is 1.73. The summed E-state index contributed by atoms with van der Waals surface area (Å²) in [7, 11) is 0. The van der Waals surface area contributed by atoms with E-state index in [0.29, 0.717) is 42.9 Å². The summed E-state index contributed by atoms with van der Waals surface area (Å²) in [4.78, 5) is 0. The molecule has 2 atom stereocenters. The summed E-state index contributed by atoms with van der Waals surface area (Å²) in [6.07, 6.45) is 3.90. The van der Waals surface area contributed by atoms with Gasteiger partial charge in [0.15, 0.2) is 11.6 Å². The lowest BCUT2D eigenvalue weighted by Gasteiger charge is -2.29. The van der Waals surface area contributed by atoms with Gasteiger partial charge in [0, 0.05) is 24.7 Å². The molecule has 2 nitrogen and oxygen atoms in total. The standard InChI is InChI=1S/C24H29F3O2/c1-3-5-16-6-7-17(14-22(16)25)20-10-11-21(24(27)23(20)26)18-8-9-19(29-15-18)12-13-28-4-2/h6-7,10-11,14,18-19H,3-5,8-9,12-13,15H2,1-2H3. The van der Waals surface area contributed by atoms with Crippen molar-refractivity contribution in [3.63, 3.8) is 0 Å². The minimum atomic E-state index is -0.927. The van der Waals surface area contributed by atoms with Crippen LogP contribution in [0, 0.1) is 17.5 Å². The van der Waals surface area contributed by atoms with Gasteiger partial charge in [-0.15, -0.1) is 0 Å². The number of benzene rings is 2. The minimum Gasteiger partial charge on any atom is -0.382 e. The topological polar surface area (TPSA) is 18.5 Å². The summed E-state index contributed by atoms with van der Waals surface area (Å²) in [6.45, 7) is 5.62. The molecule has 1 aliphatic heterocycles. The molecule has 0 radical (unpaired) electrons. The first-order valence-corrected chi connectivity index (χ1v) is 10.5. The van der Waals surface area contributed by atoms with E-state index in [9.17, 15) is 13.2 Å². The van der Waals surface area contributed by atoms with E-state index in [4.69, 9.17) is 9.47 Å². The molecule has 1 saturated heterocycles. The first-order chi connectivity index (χ1) is 14.0. The number of aryl methyl sites for hydroxylation is 1. The molecule has 0 aliphatic carbocycles. The van der Waals surface area contributed by atoms with Gasteiger partial charge in [-0.25, -0.2) is 13.2 Å². The predicted molar refractivity (Wildman–Crippen MR) is 109 cm³/mol. The first-order valence-electron chi connectivity index (χ1n) is 10.5. The monoisotopic (exact) mass is 406 g/mol. The SMILES string of the molecule is CCCc1ccc(-c2ccc(C3CCC(CCOCC)OC3)c(F)c2F)cc1F. The van der Waals surface area contributed by atoms with E-state index < -0.39 is 11.6 Å². The summed E-state index contributed by atoms with van der Waals surface area (Å²) >= 11 is 0. The fourth-order valence-electron chi connectivity index (χ4n) is 3.93. The Morgan fingerprint density at radius 3 is 2.52 bits per heavy atom. The van der Waals surface area contributed by atoms with Crippen LogP contribution in [0.4, 0.5) is 13.2 Å². The number of ether oxygens (including phenoxy) is 2. The van der Waals surface area contributed by atoms with Crippen molar-refractivity contribution in [2.24, 2.45) is 0 Å². The lowest BCUT2D eigenvalue weighted by molar-refractivity contribution is -0.0168. The van der Waals surface area contributed by atoms with Crippen LogP contribution < -0.4 is 0 Å². The van der Waals surface area contributed by atoms with Gasteiger partial charge in [-0.1, -0.05) is 37.6 Å². The van der Waals surface area contributed by atoms with Crippen molar-refractivity contribution in [1.29, 1.82) is 0 Å². The van der Waals surface area contributed by atoms with Crippen molar-refractivity contribution >= 4 is 0 Å². The molecule has 1 fully saturated rings. The fraction of sp³-hybridized carbons (Fsp3) is 0.500. The van der Waals surface area contributed by atoms with E-state index in [2.05, 4.69) is 0 Å². The highest BCUT2D eigenvalue weighted by Gasteiger charge is 2.27. The van der Waals surface area contributed by atoms with Crippen molar-refractivity contribution in [2.45, 2.75) is 58.0 Å². The second-order valence-corrected chi connectivity index (χ2v) is 7.60. The summed E-state index contributed by atoms with van der Waals surface area (Å²) in [5.74, 6) is -2.34. The van der Waals surface area contributed by atoms with Crippen LogP contribution in [-0.4, -0.2) is 25.9 Å². The van der Waals surface area contributed by atoms with Gasteiger partial charge in [-0.2, -0.15) is 0 Å². The molecule has 158 valence electrons. The number of rotatable bonds is 8. The second kappa shape index (κ2) is 10.3. The fourth-order valence-corrected chi connectivity index (χ4v) is 3.93. The van der Waals surface area contributed by atoms with Crippen LogP contribution >= 0.6 is 0 Å². The van der Waals surface area contributed by atoms with Crippen LogP contribution in [0.1, 0.15) is 56.6 Å². The van der Waals surface area contributed by atoms with Crippen LogP contribution in [0.25, 0.3) is 11.1 Å². The van der Waals surface area contributed by atoms with Gasteiger partial charge >= 0.3 is 0 Å². The maximum absolute atomic E-state index is 14.8. The molecule has 5 heteroatoms. The quantitative estimate of drug-likeness (QED) is 0.472. The molecular formula is C24H29F3O2. The molecule has 0 amide bonds. The third-order valence-electron chi connectivity index (χ3n) is 5.59. The Morgan fingerprint density at radius 1 is 1.03 bits per heavy atom. The number of hydrogen-bond donors (Lipinski definition) is 0. The smallest absolute Gasteiger partial charge is 0.166 e. The molecule has 3 rings (SSSR count). The van der Waals surface area contributed by atoms with Gasteiger partial charge in [0.25, 0.3) is 0 Å². The zero-order valence-electron chi connectivity index (χ0n) is 17.1. The lowest BCUT2D eigenvalue weighted by Crippen LogP contribution is -2.26. The number of halogens is 3. The van der Waals surface area contributed by atoms with Gasteiger partial charge in [0.1, 0.15) is 5.82 Å².